The van der Waals surface area contributed by atoms with E-state index in [0.717, 1.165) is 22.2 Å². The maximum absolute atomic E-state index is 6.06. The van der Waals surface area contributed by atoms with Gasteiger partial charge in [0.15, 0.2) is 17.3 Å². The van der Waals surface area contributed by atoms with Gasteiger partial charge >= 0.3 is 0 Å². The standard InChI is InChI=1S/C19H18ClN3O2S/c1-13-2-4-14(5-3-13)18-21-22-19(26-12-17-24-10-11-25-17)23(18)16-8-6-15(20)7-9-16/h2-9,17H,10-12H2,1H3. The van der Waals surface area contributed by atoms with Gasteiger partial charge in [-0.15, -0.1) is 10.2 Å². The Bertz CT molecular complexity index is 875. The summed E-state index contributed by atoms with van der Waals surface area (Å²) in [6.07, 6.45) is -0.196. The lowest BCUT2D eigenvalue weighted by Gasteiger charge is -2.12. The van der Waals surface area contributed by atoms with E-state index in [-0.39, 0.29) is 6.29 Å². The number of thioether (sulfide) groups is 1. The van der Waals surface area contributed by atoms with Crippen molar-refractivity contribution in [2.24, 2.45) is 0 Å². The van der Waals surface area contributed by atoms with Crippen LogP contribution in [0.15, 0.2) is 53.7 Å². The number of halogens is 1. The minimum atomic E-state index is -0.196. The Morgan fingerprint density at radius 2 is 1.73 bits per heavy atom. The fourth-order valence-electron chi connectivity index (χ4n) is 2.72. The molecule has 0 amide bonds. The van der Waals surface area contributed by atoms with E-state index in [1.54, 1.807) is 11.8 Å². The molecule has 0 unspecified atom stereocenters. The zero-order chi connectivity index (χ0) is 17.9. The fourth-order valence-corrected chi connectivity index (χ4v) is 3.75. The van der Waals surface area contributed by atoms with E-state index in [0.29, 0.717) is 24.0 Å². The summed E-state index contributed by atoms with van der Waals surface area (Å²) >= 11 is 7.62. The third-order valence-electron chi connectivity index (χ3n) is 4.07. The first-order valence-corrected chi connectivity index (χ1v) is 9.71. The summed E-state index contributed by atoms with van der Waals surface area (Å²) in [4.78, 5) is 0. The first-order chi connectivity index (χ1) is 12.7. The van der Waals surface area contributed by atoms with Gasteiger partial charge in [0.25, 0.3) is 0 Å². The number of ether oxygens (including phenoxy) is 2. The Hall–Kier alpha value is -1.86. The smallest absolute Gasteiger partial charge is 0.196 e. The van der Waals surface area contributed by atoms with Crippen molar-refractivity contribution < 1.29 is 9.47 Å². The summed E-state index contributed by atoms with van der Waals surface area (Å²) in [7, 11) is 0. The van der Waals surface area contributed by atoms with Gasteiger partial charge in [0.1, 0.15) is 0 Å². The predicted octanol–water partition coefficient (Wildman–Crippen LogP) is 4.36. The zero-order valence-electron chi connectivity index (χ0n) is 14.3. The average Bonchev–Trinajstić information content (AvgIpc) is 3.31. The maximum atomic E-state index is 6.06. The summed E-state index contributed by atoms with van der Waals surface area (Å²) in [5, 5.41) is 10.3. The van der Waals surface area contributed by atoms with Crippen LogP contribution in [0.25, 0.3) is 17.1 Å². The topological polar surface area (TPSA) is 49.2 Å². The molecule has 2 heterocycles. The molecular weight excluding hydrogens is 370 g/mol. The van der Waals surface area contributed by atoms with Gasteiger partial charge in [-0.05, 0) is 31.2 Å². The highest BCUT2D eigenvalue weighted by Crippen LogP contribution is 2.29. The van der Waals surface area contributed by atoms with Crippen molar-refractivity contribution in [2.45, 2.75) is 18.4 Å². The Balaban J connectivity index is 1.71. The highest BCUT2D eigenvalue weighted by molar-refractivity contribution is 7.99. The van der Waals surface area contributed by atoms with Crippen LogP contribution in [0.2, 0.25) is 5.02 Å². The molecule has 7 heteroatoms. The van der Waals surface area contributed by atoms with Crippen LogP contribution in [0.5, 0.6) is 0 Å². The Morgan fingerprint density at radius 1 is 1.04 bits per heavy atom. The quantitative estimate of drug-likeness (QED) is 0.609. The molecular formula is C19H18ClN3O2S. The highest BCUT2D eigenvalue weighted by Gasteiger charge is 2.20. The van der Waals surface area contributed by atoms with Gasteiger partial charge in [-0.1, -0.05) is 53.2 Å². The number of hydrogen-bond donors (Lipinski definition) is 0. The van der Waals surface area contributed by atoms with E-state index in [1.165, 1.54) is 5.56 Å². The average molecular weight is 388 g/mol. The summed E-state index contributed by atoms with van der Waals surface area (Å²) in [6.45, 7) is 3.35. The molecule has 2 aromatic carbocycles. The fraction of sp³-hybridized carbons (Fsp3) is 0.263. The first-order valence-electron chi connectivity index (χ1n) is 8.35. The van der Waals surface area contributed by atoms with E-state index >= 15 is 0 Å². The van der Waals surface area contributed by atoms with Crippen molar-refractivity contribution in [3.05, 3.63) is 59.1 Å². The number of aryl methyl sites for hydroxylation is 1. The molecule has 1 aromatic heterocycles. The van der Waals surface area contributed by atoms with E-state index < -0.39 is 0 Å². The maximum Gasteiger partial charge on any atom is 0.196 e. The minimum absolute atomic E-state index is 0.196. The van der Waals surface area contributed by atoms with Crippen molar-refractivity contribution >= 4 is 23.4 Å². The minimum Gasteiger partial charge on any atom is -0.349 e. The Kier molecular flexibility index (Phi) is 5.26. The Labute approximate surface area is 161 Å². The summed E-state index contributed by atoms with van der Waals surface area (Å²) in [6, 6.07) is 15.9. The first kappa shape index (κ1) is 17.5. The molecule has 26 heavy (non-hydrogen) atoms. The largest absolute Gasteiger partial charge is 0.349 e. The summed E-state index contributed by atoms with van der Waals surface area (Å²) in [5.41, 5.74) is 3.18. The number of rotatable bonds is 5. The monoisotopic (exact) mass is 387 g/mol. The lowest BCUT2D eigenvalue weighted by molar-refractivity contribution is -0.0215. The van der Waals surface area contributed by atoms with Gasteiger partial charge in [-0.3, -0.25) is 4.57 Å². The Morgan fingerprint density at radius 3 is 2.42 bits per heavy atom. The molecule has 1 saturated heterocycles. The van der Waals surface area contributed by atoms with Crippen LogP contribution >= 0.6 is 23.4 Å². The number of nitrogens with zero attached hydrogens (tertiary/aromatic N) is 3. The molecule has 1 aliphatic heterocycles. The van der Waals surface area contributed by atoms with Crippen LogP contribution in [-0.2, 0) is 9.47 Å². The molecule has 5 nitrogen and oxygen atoms in total. The predicted molar refractivity (Wildman–Crippen MR) is 103 cm³/mol. The third-order valence-corrected chi connectivity index (χ3v) is 5.28. The van der Waals surface area contributed by atoms with Gasteiger partial charge in [0, 0.05) is 16.3 Å². The molecule has 0 aliphatic carbocycles. The van der Waals surface area contributed by atoms with Gasteiger partial charge in [0.05, 0.1) is 19.0 Å². The second-order valence-electron chi connectivity index (χ2n) is 5.97. The molecule has 1 aliphatic rings. The van der Waals surface area contributed by atoms with E-state index in [2.05, 4.69) is 41.4 Å². The van der Waals surface area contributed by atoms with Gasteiger partial charge < -0.3 is 9.47 Å². The zero-order valence-corrected chi connectivity index (χ0v) is 15.8. The van der Waals surface area contributed by atoms with Gasteiger partial charge in [-0.2, -0.15) is 0 Å². The summed E-state index contributed by atoms with van der Waals surface area (Å²) < 4.78 is 13.1. The number of aromatic nitrogens is 3. The van der Waals surface area contributed by atoms with Crippen molar-refractivity contribution in [3.63, 3.8) is 0 Å². The van der Waals surface area contributed by atoms with Crippen LogP contribution < -0.4 is 0 Å². The van der Waals surface area contributed by atoms with Crippen LogP contribution in [-0.4, -0.2) is 40.0 Å². The lowest BCUT2D eigenvalue weighted by atomic mass is 10.1. The molecule has 4 rings (SSSR count). The molecule has 0 radical (unpaired) electrons. The molecule has 0 spiro atoms. The van der Waals surface area contributed by atoms with Crippen molar-refractivity contribution in [2.75, 3.05) is 19.0 Å². The van der Waals surface area contributed by atoms with Crippen molar-refractivity contribution in [3.8, 4) is 17.1 Å². The molecule has 0 atom stereocenters. The van der Waals surface area contributed by atoms with Gasteiger partial charge in [-0.25, -0.2) is 0 Å². The summed E-state index contributed by atoms with van der Waals surface area (Å²) in [5.74, 6) is 1.46. The SMILES string of the molecule is Cc1ccc(-c2nnc(SCC3OCCO3)n2-c2ccc(Cl)cc2)cc1. The molecule has 3 aromatic rings. The van der Waals surface area contributed by atoms with Gasteiger partial charge in [0.2, 0.25) is 0 Å². The van der Waals surface area contributed by atoms with Crippen molar-refractivity contribution in [1.29, 1.82) is 0 Å². The van der Waals surface area contributed by atoms with Crippen molar-refractivity contribution in [1.82, 2.24) is 14.8 Å². The molecule has 134 valence electrons. The molecule has 0 N–H and O–H groups in total. The molecule has 1 fully saturated rings. The molecule has 0 saturated carbocycles. The van der Waals surface area contributed by atoms with Crippen LogP contribution in [0.3, 0.4) is 0 Å². The molecule has 0 bridgehead atoms. The normalized spacial score (nSPS) is 14.8. The van der Waals surface area contributed by atoms with E-state index in [9.17, 15) is 0 Å². The third kappa shape index (κ3) is 3.78. The lowest BCUT2D eigenvalue weighted by Crippen LogP contribution is -2.11. The highest BCUT2D eigenvalue weighted by atomic mass is 35.5. The number of hydrogen-bond acceptors (Lipinski definition) is 5. The van der Waals surface area contributed by atoms with Crippen LogP contribution in [0, 0.1) is 6.92 Å². The van der Waals surface area contributed by atoms with Crippen LogP contribution in [0.4, 0.5) is 0 Å². The van der Waals surface area contributed by atoms with E-state index in [4.69, 9.17) is 21.1 Å². The van der Waals surface area contributed by atoms with Crippen LogP contribution in [0.1, 0.15) is 5.56 Å². The number of benzene rings is 2. The second kappa shape index (κ2) is 7.80. The van der Waals surface area contributed by atoms with E-state index in [1.807, 2.05) is 28.8 Å². The second-order valence-corrected chi connectivity index (χ2v) is 7.39.